The first-order chi connectivity index (χ1) is 19.4. The van der Waals surface area contributed by atoms with Crippen LogP contribution in [0.15, 0.2) is 42.5 Å². The fourth-order valence-corrected chi connectivity index (χ4v) is 6.16. The Labute approximate surface area is 232 Å². The van der Waals surface area contributed by atoms with Crippen molar-refractivity contribution in [2.24, 2.45) is 18.7 Å². The number of aromatic nitrogens is 3. The molecule has 0 bridgehead atoms. The third-order valence-corrected chi connectivity index (χ3v) is 8.17. The third kappa shape index (κ3) is 4.88. The number of hydrogen-bond acceptors (Lipinski definition) is 6. The van der Waals surface area contributed by atoms with Crippen molar-refractivity contribution in [3.63, 3.8) is 0 Å². The van der Waals surface area contributed by atoms with Gasteiger partial charge in [-0.25, -0.2) is 9.78 Å². The van der Waals surface area contributed by atoms with Crippen molar-refractivity contribution in [3.05, 3.63) is 48.0 Å². The standard InChI is InChI=1S/C30H35N5O5/c1-33-27-23(14-21(16-26(27)38-2)29(36)34-11-5-7-22(18-34)40-30(31)37)32-28(33)25-15-20-6-3-4-8-24(20)35(25)17-19-9-12-39-13-10-19/h3-4,6,8,14-16,19,22H,5,7,9-13,17-18H2,1-2H3,(H2,31,37)/t22-/m1/s1. The average molecular weight is 546 g/mol. The maximum Gasteiger partial charge on any atom is 0.404 e. The molecular weight excluding hydrogens is 510 g/mol. The zero-order valence-electron chi connectivity index (χ0n) is 23.0. The van der Waals surface area contributed by atoms with Crippen molar-refractivity contribution in [2.75, 3.05) is 33.4 Å². The van der Waals surface area contributed by atoms with Gasteiger partial charge in [-0.15, -0.1) is 0 Å². The highest BCUT2D eigenvalue weighted by molar-refractivity contribution is 6.00. The van der Waals surface area contributed by atoms with Crippen LogP contribution >= 0.6 is 0 Å². The van der Waals surface area contributed by atoms with Crippen molar-refractivity contribution in [1.29, 1.82) is 0 Å². The maximum absolute atomic E-state index is 13.5. The highest BCUT2D eigenvalue weighted by Crippen LogP contribution is 2.35. The fourth-order valence-electron chi connectivity index (χ4n) is 6.16. The molecule has 40 heavy (non-hydrogen) atoms. The molecule has 2 aliphatic heterocycles. The van der Waals surface area contributed by atoms with Crippen molar-refractivity contribution < 1.29 is 23.8 Å². The Balaban J connectivity index is 1.39. The van der Waals surface area contributed by atoms with Crippen molar-refractivity contribution in [1.82, 2.24) is 19.0 Å². The molecule has 4 aromatic rings. The van der Waals surface area contributed by atoms with Gasteiger partial charge in [-0.05, 0) is 55.9 Å². The van der Waals surface area contributed by atoms with Gasteiger partial charge in [-0.2, -0.15) is 0 Å². The summed E-state index contributed by atoms with van der Waals surface area (Å²) in [5.74, 6) is 1.77. The van der Waals surface area contributed by atoms with Crippen LogP contribution in [0.25, 0.3) is 33.5 Å². The second-order valence-electron chi connectivity index (χ2n) is 10.7. The van der Waals surface area contributed by atoms with Gasteiger partial charge in [-0.3, -0.25) is 4.79 Å². The summed E-state index contributed by atoms with van der Waals surface area (Å²) in [6.45, 7) is 3.37. The summed E-state index contributed by atoms with van der Waals surface area (Å²) < 4.78 is 21.0. The summed E-state index contributed by atoms with van der Waals surface area (Å²) in [5.41, 5.74) is 9.41. The lowest BCUT2D eigenvalue weighted by Gasteiger charge is -2.32. The molecule has 2 fully saturated rings. The number of piperidine rings is 1. The molecule has 10 heteroatoms. The predicted octanol–water partition coefficient (Wildman–Crippen LogP) is 4.33. The molecule has 0 unspecified atom stereocenters. The molecule has 2 aliphatic rings. The summed E-state index contributed by atoms with van der Waals surface area (Å²) in [7, 11) is 3.59. The Morgan fingerprint density at radius 3 is 2.70 bits per heavy atom. The summed E-state index contributed by atoms with van der Waals surface area (Å²) in [5, 5.41) is 1.16. The number of nitrogens with zero attached hydrogens (tertiary/aromatic N) is 4. The van der Waals surface area contributed by atoms with Crippen LogP contribution in [0.5, 0.6) is 5.75 Å². The van der Waals surface area contributed by atoms with E-state index in [1.54, 1.807) is 18.1 Å². The largest absolute Gasteiger partial charge is 0.494 e. The summed E-state index contributed by atoms with van der Waals surface area (Å²) in [4.78, 5) is 31.6. The van der Waals surface area contributed by atoms with Gasteiger partial charge in [-0.1, -0.05) is 18.2 Å². The molecule has 1 atom stereocenters. The number of rotatable bonds is 6. The van der Waals surface area contributed by atoms with Crippen LogP contribution < -0.4 is 10.5 Å². The molecule has 2 aromatic heterocycles. The van der Waals surface area contributed by atoms with Gasteiger partial charge in [0.1, 0.15) is 17.4 Å². The van der Waals surface area contributed by atoms with Crippen molar-refractivity contribution in [2.45, 2.75) is 38.3 Å². The van der Waals surface area contributed by atoms with Crippen molar-refractivity contribution >= 4 is 33.9 Å². The van der Waals surface area contributed by atoms with Gasteiger partial charge < -0.3 is 34.0 Å². The van der Waals surface area contributed by atoms with E-state index in [1.165, 1.54) is 5.52 Å². The Kier molecular flexibility index (Phi) is 7.10. The number of carbonyl (C=O) groups excluding carboxylic acids is 2. The lowest BCUT2D eigenvalue weighted by molar-refractivity contribution is 0.0373. The van der Waals surface area contributed by atoms with E-state index >= 15 is 0 Å². The fraction of sp³-hybridized carbons (Fsp3) is 0.433. The minimum Gasteiger partial charge on any atom is -0.494 e. The average Bonchev–Trinajstić information content (AvgIpc) is 3.49. The van der Waals surface area contributed by atoms with Crippen LogP contribution in [0.2, 0.25) is 0 Å². The second-order valence-corrected chi connectivity index (χ2v) is 10.7. The van der Waals surface area contributed by atoms with Crippen LogP contribution in [0, 0.1) is 5.92 Å². The summed E-state index contributed by atoms with van der Waals surface area (Å²) in [6, 6.07) is 14.2. The molecule has 0 saturated carbocycles. The maximum atomic E-state index is 13.5. The smallest absolute Gasteiger partial charge is 0.404 e. The molecule has 10 nitrogen and oxygen atoms in total. The predicted molar refractivity (Wildman–Crippen MR) is 151 cm³/mol. The zero-order chi connectivity index (χ0) is 27.8. The highest BCUT2D eigenvalue weighted by atomic mass is 16.6. The summed E-state index contributed by atoms with van der Waals surface area (Å²) >= 11 is 0. The number of hydrogen-bond donors (Lipinski definition) is 1. The van der Waals surface area contributed by atoms with E-state index in [2.05, 4.69) is 39.5 Å². The van der Waals surface area contributed by atoms with Gasteiger partial charge in [0.2, 0.25) is 0 Å². The van der Waals surface area contributed by atoms with E-state index in [0.29, 0.717) is 42.3 Å². The van der Waals surface area contributed by atoms with Gasteiger partial charge in [0.05, 0.1) is 24.9 Å². The third-order valence-electron chi connectivity index (χ3n) is 8.17. The number of aryl methyl sites for hydroxylation is 1. The molecule has 210 valence electrons. The van der Waals surface area contributed by atoms with Gasteiger partial charge in [0.15, 0.2) is 5.82 Å². The highest BCUT2D eigenvalue weighted by Gasteiger charge is 2.28. The van der Waals surface area contributed by atoms with E-state index in [9.17, 15) is 9.59 Å². The van der Waals surface area contributed by atoms with E-state index in [4.69, 9.17) is 24.9 Å². The first kappa shape index (κ1) is 26.2. The Hall–Kier alpha value is -4.05. The number of ether oxygens (including phenoxy) is 3. The number of para-hydroxylation sites is 1. The van der Waals surface area contributed by atoms with E-state index < -0.39 is 12.2 Å². The first-order valence-electron chi connectivity index (χ1n) is 13.9. The molecule has 6 rings (SSSR count). The molecule has 2 N–H and O–H groups in total. The number of primary amides is 1. The number of nitrogens with two attached hydrogens (primary N) is 1. The number of fused-ring (bicyclic) bond motifs is 2. The van der Waals surface area contributed by atoms with Crippen LogP contribution in [-0.2, 0) is 23.1 Å². The number of benzene rings is 2. The Bertz CT molecular complexity index is 1570. The Morgan fingerprint density at radius 2 is 1.93 bits per heavy atom. The van der Waals surface area contributed by atoms with Crippen molar-refractivity contribution in [3.8, 4) is 17.3 Å². The topological polar surface area (TPSA) is 114 Å². The van der Waals surface area contributed by atoms with Crippen LogP contribution in [-0.4, -0.2) is 70.5 Å². The van der Waals surface area contributed by atoms with Crippen LogP contribution in [0.4, 0.5) is 4.79 Å². The van der Waals surface area contributed by atoms with E-state index in [0.717, 1.165) is 61.4 Å². The first-order valence-corrected chi connectivity index (χ1v) is 13.9. The van der Waals surface area contributed by atoms with Gasteiger partial charge in [0.25, 0.3) is 5.91 Å². The van der Waals surface area contributed by atoms with Crippen LogP contribution in [0.1, 0.15) is 36.0 Å². The number of carbonyl (C=O) groups is 2. The molecule has 0 radical (unpaired) electrons. The number of methoxy groups -OCH3 is 1. The zero-order valence-corrected chi connectivity index (χ0v) is 23.0. The lowest BCUT2D eigenvalue weighted by atomic mass is 10.0. The summed E-state index contributed by atoms with van der Waals surface area (Å²) in [6.07, 6.45) is 2.26. The number of imidazole rings is 1. The van der Waals surface area contributed by atoms with Gasteiger partial charge >= 0.3 is 6.09 Å². The molecule has 4 heterocycles. The van der Waals surface area contributed by atoms with E-state index in [-0.39, 0.29) is 5.91 Å². The number of likely N-dealkylation sites (tertiary alicyclic amines) is 1. The normalized spacial score (nSPS) is 18.4. The second kappa shape index (κ2) is 10.8. The van der Waals surface area contributed by atoms with Crippen LogP contribution in [0.3, 0.4) is 0 Å². The minimum atomic E-state index is -0.822. The molecule has 0 spiro atoms. The SMILES string of the molecule is COc1cc(C(=O)N2CCC[C@@H](OC(N)=O)C2)cc2nc(-c3cc4ccccc4n3CC3CCOCC3)n(C)c12. The number of amides is 2. The quantitative estimate of drug-likeness (QED) is 0.386. The monoisotopic (exact) mass is 545 g/mol. The molecule has 2 amide bonds. The molecule has 2 saturated heterocycles. The Morgan fingerprint density at radius 1 is 1.12 bits per heavy atom. The minimum absolute atomic E-state index is 0.154. The van der Waals surface area contributed by atoms with E-state index in [1.807, 2.05) is 13.1 Å². The molecule has 2 aromatic carbocycles. The lowest BCUT2D eigenvalue weighted by Crippen LogP contribution is -2.44. The molecular formula is C30H35N5O5. The molecule has 0 aliphatic carbocycles. The van der Waals surface area contributed by atoms with Gasteiger partial charge in [0, 0.05) is 49.8 Å².